The van der Waals surface area contributed by atoms with Gasteiger partial charge in [0.15, 0.2) is 5.78 Å². The summed E-state index contributed by atoms with van der Waals surface area (Å²) >= 11 is 0. The van der Waals surface area contributed by atoms with Crippen molar-refractivity contribution in [3.8, 4) is 11.3 Å². The number of aromatic amines is 1. The number of fused-ring (bicyclic) bond motifs is 1. The molecule has 0 radical (unpaired) electrons. The molecule has 2 N–H and O–H groups in total. The molecule has 2 aromatic heterocycles. The van der Waals surface area contributed by atoms with E-state index in [1.807, 2.05) is 55.6 Å². The van der Waals surface area contributed by atoms with Crippen molar-refractivity contribution in [3.63, 3.8) is 0 Å². The van der Waals surface area contributed by atoms with Crippen molar-refractivity contribution in [3.05, 3.63) is 65.6 Å². The molecule has 0 saturated heterocycles. The predicted molar refractivity (Wildman–Crippen MR) is 105 cm³/mol. The molecule has 132 valence electrons. The third-order valence-corrected chi connectivity index (χ3v) is 4.88. The van der Waals surface area contributed by atoms with Gasteiger partial charge in [-0.25, -0.2) is 0 Å². The number of nitrogens with zero attached hydrogens (tertiary/aromatic N) is 1. The fraction of sp³-hybridized carbons (Fsp3) is 0.273. The Balaban J connectivity index is 1.89. The van der Waals surface area contributed by atoms with Crippen LogP contribution >= 0.6 is 0 Å². The van der Waals surface area contributed by atoms with Crippen LogP contribution in [0.4, 0.5) is 11.4 Å². The average molecular weight is 345 g/mol. The largest absolute Gasteiger partial charge is 0.356 e. The molecular weight excluding hydrogens is 322 g/mol. The summed E-state index contributed by atoms with van der Waals surface area (Å²) < 4.78 is 0. The number of aromatic nitrogens is 2. The molecule has 3 aromatic rings. The molecule has 4 rings (SSSR count). The number of carbonyl (C=O) groups is 1. The Labute approximate surface area is 153 Å². The van der Waals surface area contributed by atoms with Gasteiger partial charge in [0.1, 0.15) is 0 Å². The molecule has 1 aromatic carbocycles. The van der Waals surface area contributed by atoms with E-state index in [-0.39, 0.29) is 11.2 Å². The van der Waals surface area contributed by atoms with Gasteiger partial charge in [0, 0.05) is 35.3 Å². The van der Waals surface area contributed by atoms with Crippen LogP contribution in [0.25, 0.3) is 11.3 Å². The van der Waals surface area contributed by atoms with Crippen LogP contribution in [-0.4, -0.2) is 15.8 Å². The highest BCUT2D eigenvalue weighted by atomic mass is 16.1. The summed E-state index contributed by atoms with van der Waals surface area (Å²) in [6, 6.07) is 14.0. The maximum atomic E-state index is 13.0. The van der Waals surface area contributed by atoms with Gasteiger partial charge in [0.2, 0.25) is 0 Å². The lowest BCUT2D eigenvalue weighted by atomic mass is 9.76. The Kier molecular flexibility index (Phi) is 3.91. The summed E-state index contributed by atoms with van der Waals surface area (Å²) in [7, 11) is 0. The molecule has 4 nitrogen and oxygen atoms in total. The molecule has 1 aliphatic carbocycles. The van der Waals surface area contributed by atoms with E-state index >= 15 is 0 Å². The maximum Gasteiger partial charge on any atom is 0.167 e. The number of pyridine rings is 1. The summed E-state index contributed by atoms with van der Waals surface area (Å²) in [6.07, 6.45) is 3.24. The molecule has 0 aliphatic heterocycles. The van der Waals surface area contributed by atoms with Crippen LogP contribution in [-0.2, 0) is 6.42 Å². The lowest BCUT2D eigenvalue weighted by molar-refractivity contribution is 0.0912. The van der Waals surface area contributed by atoms with Crippen molar-refractivity contribution in [2.24, 2.45) is 5.41 Å². The van der Waals surface area contributed by atoms with E-state index in [1.165, 1.54) is 0 Å². The predicted octanol–water partition coefficient (Wildman–Crippen LogP) is 5.28. The van der Waals surface area contributed by atoms with E-state index < -0.39 is 0 Å². The van der Waals surface area contributed by atoms with E-state index in [2.05, 4.69) is 29.1 Å². The fourth-order valence-corrected chi connectivity index (χ4v) is 3.76. The third kappa shape index (κ3) is 3.03. The van der Waals surface area contributed by atoms with Crippen LogP contribution in [0.5, 0.6) is 0 Å². The molecule has 0 fully saturated rings. The van der Waals surface area contributed by atoms with Gasteiger partial charge in [-0.15, -0.1) is 0 Å². The second-order valence-electron chi connectivity index (χ2n) is 7.85. The van der Waals surface area contributed by atoms with Gasteiger partial charge in [-0.05, 0) is 43.0 Å². The number of benzene rings is 1. The summed E-state index contributed by atoms with van der Waals surface area (Å²) in [5.74, 6) is 0.197. The third-order valence-electron chi connectivity index (χ3n) is 4.88. The number of ketones is 1. The summed E-state index contributed by atoms with van der Waals surface area (Å²) in [5, 5.41) is 3.48. The highest BCUT2D eigenvalue weighted by Crippen LogP contribution is 2.43. The first kappa shape index (κ1) is 16.6. The Morgan fingerprint density at radius 1 is 1.12 bits per heavy atom. The number of hydrogen-bond donors (Lipinski definition) is 2. The molecule has 26 heavy (non-hydrogen) atoms. The average Bonchev–Trinajstić information content (AvgIpc) is 2.93. The van der Waals surface area contributed by atoms with Crippen molar-refractivity contribution in [2.45, 2.75) is 33.6 Å². The Bertz CT molecular complexity index is 970. The van der Waals surface area contributed by atoms with Crippen LogP contribution in [0.3, 0.4) is 0 Å². The number of hydrogen-bond acceptors (Lipinski definition) is 3. The van der Waals surface area contributed by atoms with Gasteiger partial charge in [0.05, 0.1) is 16.9 Å². The lowest BCUT2D eigenvalue weighted by Gasteiger charge is -2.28. The number of aryl methyl sites for hydroxylation is 1. The van der Waals surface area contributed by atoms with Crippen LogP contribution < -0.4 is 5.32 Å². The topological polar surface area (TPSA) is 57.8 Å². The molecule has 0 saturated carbocycles. The fourth-order valence-electron chi connectivity index (χ4n) is 3.76. The van der Waals surface area contributed by atoms with Crippen molar-refractivity contribution < 1.29 is 4.79 Å². The lowest BCUT2D eigenvalue weighted by Crippen LogP contribution is -2.26. The van der Waals surface area contributed by atoms with E-state index in [4.69, 9.17) is 0 Å². The molecule has 0 amide bonds. The number of rotatable bonds is 3. The molecule has 1 aliphatic rings. The molecule has 0 unspecified atom stereocenters. The molecular formula is C22H23N3O. The van der Waals surface area contributed by atoms with Crippen LogP contribution in [0.15, 0.2) is 48.7 Å². The normalized spacial score (nSPS) is 15.6. The zero-order chi connectivity index (χ0) is 18.3. The van der Waals surface area contributed by atoms with E-state index in [0.717, 1.165) is 46.0 Å². The number of Topliss-reactive ketones (excluding diaryl/α,β-unsaturated/α-hetero) is 1. The standard InChI is InChI=1S/C22H23N3O/c1-14-11-15(9-10-23-14)20-21(24-16-7-5-4-6-8-16)19-17(25-20)12-22(2,3)13-18(19)26/h4-11,24-25H,12-13H2,1-3H3. The quantitative estimate of drug-likeness (QED) is 0.678. The Morgan fingerprint density at radius 2 is 1.88 bits per heavy atom. The SMILES string of the molecule is Cc1cc(-c2[nH]c3c(c2Nc2ccccc2)C(=O)CC(C)(C)C3)ccn1. The number of para-hydroxylation sites is 1. The van der Waals surface area contributed by atoms with Gasteiger partial charge >= 0.3 is 0 Å². The van der Waals surface area contributed by atoms with Gasteiger partial charge in [-0.3, -0.25) is 9.78 Å². The zero-order valence-corrected chi connectivity index (χ0v) is 15.4. The van der Waals surface area contributed by atoms with Crippen LogP contribution in [0, 0.1) is 12.3 Å². The Hall–Kier alpha value is -2.88. The number of H-pyrrole nitrogens is 1. The van der Waals surface area contributed by atoms with Crippen LogP contribution in [0.2, 0.25) is 0 Å². The molecule has 0 bridgehead atoms. The minimum atomic E-state index is -0.0234. The monoisotopic (exact) mass is 345 g/mol. The molecule has 0 spiro atoms. The Morgan fingerprint density at radius 3 is 2.62 bits per heavy atom. The minimum Gasteiger partial charge on any atom is -0.356 e. The maximum absolute atomic E-state index is 13.0. The van der Waals surface area contributed by atoms with Crippen molar-refractivity contribution in [1.82, 2.24) is 9.97 Å². The summed E-state index contributed by atoms with van der Waals surface area (Å²) in [5.41, 5.74) is 6.59. The highest BCUT2D eigenvalue weighted by molar-refractivity contribution is 6.07. The van der Waals surface area contributed by atoms with Gasteiger partial charge < -0.3 is 10.3 Å². The van der Waals surface area contributed by atoms with E-state index in [9.17, 15) is 4.79 Å². The zero-order valence-electron chi connectivity index (χ0n) is 15.4. The molecule has 2 heterocycles. The first-order valence-electron chi connectivity index (χ1n) is 8.96. The first-order chi connectivity index (χ1) is 12.4. The van der Waals surface area contributed by atoms with Gasteiger partial charge in [-0.1, -0.05) is 32.0 Å². The summed E-state index contributed by atoms with van der Waals surface area (Å²) in [4.78, 5) is 20.8. The highest BCUT2D eigenvalue weighted by Gasteiger charge is 2.35. The number of anilines is 2. The van der Waals surface area contributed by atoms with Crippen molar-refractivity contribution >= 4 is 17.2 Å². The summed E-state index contributed by atoms with van der Waals surface area (Å²) in [6.45, 7) is 6.27. The number of carbonyl (C=O) groups excluding carboxylic acids is 1. The van der Waals surface area contributed by atoms with Crippen molar-refractivity contribution in [2.75, 3.05) is 5.32 Å². The molecule has 4 heteroatoms. The van der Waals surface area contributed by atoms with Gasteiger partial charge in [-0.2, -0.15) is 0 Å². The second kappa shape index (κ2) is 6.13. The first-order valence-corrected chi connectivity index (χ1v) is 8.96. The van der Waals surface area contributed by atoms with Gasteiger partial charge in [0.25, 0.3) is 0 Å². The van der Waals surface area contributed by atoms with Crippen molar-refractivity contribution in [1.29, 1.82) is 0 Å². The molecule has 0 atom stereocenters. The van der Waals surface area contributed by atoms with E-state index in [0.29, 0.717) is 6.42 Å². The van der Waals surface area contributed by atoms with E-state index in [1.54, 1.807) is 0 Å². The smallest absolute Gasteiger partial charge is 0.167 e. The minimum absolute atomic E-state index is 0.0234. The second-order valence-corrected chi connectivity index (χ2v) is 7.85. The number of nitrogens with one attached hydrogen (secondary N) is 2. The van der Waals surface area contributed by atoms with Crippen LogP contribution in [0.1, 0.15) is 42.0 Å².